The number of nitrogens with one attached hydrogen (secondary N) is 4. The summed E-state index contributed by atoms with van der Waals surface area (Å²) in [5.41, 5.74) is 5.25. The average Bonchev–Trinajstić information content (AvgIpc) is 3.84. The van der Waals surface area contributed by atoms with E-state index >= 15 is 0 Å². The Labute approximate surface area is 290 Å². The van der Waals surface area contributed by atoms with Gasteiger partial charge in [0.1, 0.15) is 12.1 Å². The number of imide groups is 1. The molecule has 0 radical (unpaired) electrons. The number of anilines is 2. The molecular formula is C37H43N7O6. The highest BCUT2D eigenvalue weighted by atomic mass is 16.6. The van der Waals surface area contributed by atoms with E-state index in [1.165, 1.54) is 5.56 Å². The third-order valence-electron chi connectivity index (χ3n) is 10.4. The molecule has 3 aromatic rings. The second kappa shape index (κ2) is 14.0. The number of nitrogens with zero attached hydrogens (tertiary/aromatic N) is 3. The van der Waals surface area contributed by atoms with E-state index < -0.39 is 18.0 Å². The summed E-state index contributed by atoms with van der Waals surface area (Å²) < 4.78 is 5.54. The Morgan fingerprint density at radius 1 is 0.940 bits per heavy atom. The zero-order valence-corrected chi connectivity index (χ0v) is 28.4. The highest BCUT2D eigenvalue weighted by Gasteiger charge is 2.39. The van der Waals surface area contributed by atoms with Crippen molar-refractivity contribution in [2.24, 2.45) is 0 Å². The number of alkyl carbamates (subject to hydrolysis) is 1. The summed E-state index contributed by atoms with van der Waals surface area (Å²) in [6.07, 6.45) is 4.32. The molecule has 0 bridgehead atoms. The number of H-pyrrole nitrogens is 1. The van der Waals surface area contributed by atoms with Crippen LogP contribution in [0.2, 0.25) is 0 Å². The van der Waals surface area contributed by atoms with E-state index in [1.54, 1.807) is 4.90 Å². The monoisotopic (exact) mass is 681 g/mol. The summed E-state index contributed by atoms with van der Waals surface area (Å²) >= 11 is 0. The molecule has 13 nitrogen and oxygen atoms in total. The van der Waals surface area contributed by atoms with Gasteiger partial charge < -0.3 is 25.2 Å². The number of aromatic nitrogens is 2. The fourth-order valence-corrected chi connectivity index (χ4v) is 7.68. The molecule has 1 aromatic heterocycles. The number of aromatic amines is 1. The van der Waals surface area contributed by atoms with Gasteiger partial charge in [-0.3, -0.25) is 29.6 Å². The van der Waals surface area contributed by atoms with Crippen molar-refractivity contribution in [3.63, 3.8) is 0 Å². The predicted octanol–water partition coefficient (Wildman–Crippen LogP) is 4.58. The van der Waals surface area contributed by atoms with Gasteiger partial charge in [-0.2, -0.15) is 5.10 Å². The molecule has 1 unspecified atom stereocenters. The van der Waals surface area contributed by atoms with Gasteiger partial charge in [0.15, 0.2) is 5.82 Å². The van der Waals surface area contributed by atoms with Crippen molar-refractivity contribution in [2.45, 2.75) is 95.4 Å². The van der Waals surface area contributed by atoms with Crippen molar-refractivity contribution < 1.29 is 28.7 Å². The van der Waals surface area contributed by atoms with Crippen LogP contribution in [-0.2, 0) is 20.9 Å². The summed E-state index contributed by atoms with van der Waals surface area (Å²) in [6.45, 7) is 5.87. The zero-order chi connectivity index (χ0) is 34.9. The fourth-order valence-electron chi connectivity index (χ4n) is 7.68. The number of amides is 5. The number of hydrogen-bond donors (Lipinski definition) is 4. The van der Waals surface area contributed by atoms with E-state index in [-0.39, 0.29) is 42.2 Å². The normalized spacial score (nSPS) is 22.5. The molecule has 3 fully saturated rings. The van der Waals surface area contributed by atoms with Crippen LogP contribution in [0.25, 0.3) is 0 Å². The van der Waals surface area contributed by atoms with Crippen LogP contribution < -0.4 is 20.9 Å². The van der Waals surface area contributed by atoms with Crippen molar-refractivity contribution in [1.82, 2.24) is 25.7 Å². The third kappa shape index (κ3) is 7.08. The van der Waals surface area contributed by atoms with Crippen LogP contribution in [0.3, 0.4) is 0 Å². The lowest BCUT2D eigenvalue weighted by Crippen LogP contribution is -2.52. The van der Waals surface area contributed by atoms with Gasteiger partial charge in [-0.15, -0.1) is 0 Å². The van der Waals surface area contributed by atoms with Crippen LogP contribution in [0.5, 0.6) is 0 Å². The van der Waals surface area contributed by atoms with E-state index in [4.69, 9.17) is 4.74 Å². The number of fused-ring (bicyclic) bond motifs is 1. The molecule has 3 aliphatic heterocycles. The van der Waals surface area contributed by atoms with E-state index in [0.717, 1.165) is 55.7 Å². The fraction of sp³-hybridized carbons (Fsp3) is 0.459. The van der Waals surface area contributed by atoms with Gasteiger partial charge in [-0.1, -0.05) is 12.1 Å². The van der Waals surface area contributed by atoms with Crippen molar-refractivity contribution in [1.29, 1.82) is 0 Å². The van der Waals surface area contributed by atoms with E-state index in [9.17, 15) is 24.0 Å². The molecule has 2 saturated heterocycles. The minimum absolute atomic E-state index is 0.0235. The Morgan fingerprint density at radius 2 is 1.72 bits per heavy atom. The Balaban J connectivity index is 0.892. The Kier molecular flexibility index (Phi) is 9.30. The van der Waals surface area contributed by atoms with E-state index in [2.05, 4.69) is 37.1 Å². The van der Waals surface area contributed by atoms with Gasteiger partial charge in [-0.05, 0) is 99.7 Å². The molecule has 0 spiro atoms. The number of benzene rings is 2. The lowest BCUT2D eigenvalue weighted by atomic mass is 9.88. The molecular weight excluding hydrogens is 638 g/mol. The first-order valence-corrected chi connectivity index (χ1v) is 17.6. The minimum Gasteiger partial charge on any atom is -0.446 e. The van der Waals surface area contributed by atoms with Crippen molar-refractivity contribution in [2.75, 3.05) is 23.3 Å². The lowest BCUT2D eigenvalue weighted by molar-refractivity contribution is -0.136. The summed E-state index contributed by atoms with van der Waals surface area (Å²) in [5.74, 6) is -0.0782. The maximum Gasteiger partial charge on any atom is 0.407 e. The maximum absolute atomic E-state index is 13.1. The number of rotatable bonds is 8. The number of hydrogen-bond acceptors (Lipinski definition) is 8. The van der Waals surface area contributed by atoms with Gasteiger partial charge in [0.2, 0.25) is 11.8 Å². The molecule has 262 valence electrons. The van der Waals surface area contributed by atoms with Crippen LogP contribution in [0.4, 0.5) is 16.3 Å². The average molecular weight is 682 g/mol. The van der Waals surface area contributed by atoms with Gasteiger partial charge in [-0.25, -0.2) is 4.79 Å². The Morgan fingerprint density at radius 3 is 2.46 bits per heavy atom. The molecule has 50 heavy (non-hydrogen) atoms. The first-order valence-electron chi connectivity index (χ1n) is 17.6. The highest BCUT2D eigenvalue weighted by Crippen LogP contribution is 2.37. The largest absolute Gasteiger partial charge is 0.446 e. The van der Waals surface area contributed by atoms with Crippen LogP contribution in [0.1, 0.15) is 108 Å². The summed E-state index contributed by atoms with van der Waals surface area (Å²) in [4.78, 5) is 66.0. The van der Waals surface area contributed by atoms with E-state index in [1.807, 2.05) is 56.3 Å². The molecule has 1 aliphatic carbocycles. The highest BCUT2D eigenvalue weighted by molar-refractivity contribution is 6.05. The summed E-state index contributed by atoms with van der Waals surface area (Å²) in [7, 11) is 0. The van der Waals surface area contributed by atoms with Crippen LogP contribution in [0, 0.1) is 0 Å². The van der Waals surface area contributed by atoms with Gasteiger partial charge in [0.05, 0.1) is 0 Å². The quantitative estimate of drug-likeness (QED) is 0.251. The Hall–Kier alpha value is -5.20. The molecule has 4 N–H and O–H groups in total. The standard InChI is InChI=1S/C37H43N7O6/c1-21(2)38-37(49)50-28-9-7-25(18-28)30-19-32(42-41-30)39-34(46)24-5-3-22(4-6-24)23-13-15-43(16-14-23)27-8-10-29-26(17-27)20-44(36(29)48)31-11-12-33(45)40-35(31)47/h3-6,8,10,17,19,21,23,25,28,31H,7,9,11-16,18,20H2,1-2H3,(H,38,49)(H,40,45,47)(H2,39,41,42,46)/t25-,28+,31?/m0/s1. The van der Waals surface area contributed by atoms with Gasteiger partial charge in [0, 0.05) is 66.6 Å². The number of carbonyl (C=O) groups excluding carboxylic acids is 5. The second-order valence-corrected chi connectivity index (χ2v) is 14.1. The van der Waals surface area contributed by atoms with Crippen LogP contribution >= 0.6 is 0 Å². The molecule has 13 heteroatoms. The first kappa shape index (κ1) is 33.3. The van der Waals surface area contributed by atoms with Crippen molar-refractivity contribution in [3.8, 4) is 0 Å². The van der Waals surface area contributed by atoms with Crippen molar-refractivity contribution in [3.05, 3.63) is 76.5 Å². The van der Waals surface area contributed by atoms with Gasteiger partial charge >= 0.3 is 6.09 Å². The number of carbonyl (C=O) groups is 5. The van der Waals surface area contributed by atoms with Gasteiger partial charge in [0.25, 0.3) is 11.8 Å². The van der Waals surface area contributed by atoms with E-state index in [0.29, 0.717) is 42.2 Å². The minimum atomic E-state index is -0.620. The topological polar surface area (TPSA) is 166 Å². The Bertz CT molecular complexity index is 1800. The zero-order valence-electron chi connectivity index (χ0n) is 28.4. The molecule has 5 amide bonds. The smallest absolute Gasteiger partial charge is 0.407 e. The maximum atomic E-state index is 13.1. The third-order valence-corrected chi connectivity index (χ3v) is 10.4. The van der Waals surface area contributed by atoms with Crippen LogP contribution in [0.15, 0.2) is 48.5 Å². The SMILES string of the molecule is CC(C)NC(=O)O[C@@H]1CC[C@H](c2cc(NC(=O)c3ccc(C4CCN(c5ccc6c(c5)CN(C5CCC(=O)NC5=O)C6=O)CC4)cc3)n[nH]2)C1. The molecule has 2 aromatic carbocycles. The van der Waals surface area contributed by atoms with Crippen LogP contribution in [-0.4, -0.2) is 76.1 Å². The first-order chi connectivity index (χ1) is 24.1. The number of ether oxygens (including phenoxy) is 1. The molecule has 7 rings (SSSR count). The molecule has 4 heterocycles. The van der Waals surface area contributed by atoms with Crippen molar-refractivity contribution >= 4 is 41.2 Å². The lowest BCUT2D eigenvalue weighted by Gasteiger charge is -2.34. The molecule has 4 aliphatic rings. The predicted molar refractivity (Wildman–Crippen MR) is 185 cm³/mol. The number of piperidine rings is 2. The second-order valence-electron chi connectivity index (χ2n) is 14.1. The molecule has 1 saturated carbocycles. The molecule has 3 atom stereocenters. The summed E-state index contributed by atoms with van der Waals surface area (Å²) in [6, 6.07) is 14.9. The summed E-state index contributed by atoms with van der Waals surface area (Å²) in [5, 5.41) is 15.4.